The lowest BCUT2D eigenvalue weighted by atomic mass is 9.71. The van der Waals surface area contributed by atoms with Gasteiger partial charge in [0.05, 0.1) is 20.3 Å². The standard InChI is InChI=1S/C31H55NO4Si/c1-21-9-8-10-23(19-21)20-32-27-12-7-6-11-26(27)31(30(32)34)22(2)29(28(36-31)17-18-33)37(4,5)25-15-13-24(35-3)14-16-25/h21-29,33H,6-20H2,1-5H3/t21?,22-,23?,24?,25?,26?,27?,28+,29-,31+/m0/s1. The first kappa shape index (κ1) is 28.1. The number of carbonyl (C=O) groups excluding carboxylic acids is 1. The average Bonchev–Trinajstić information content (AvgIpc) is 3.32. The van der Waals surface area contributed by atoms with E-state index < -0.39 is 13.7 Å². The van der Waals surface area contributed by atoms with Crippen LogP contribution in [0.2, 0.25) is 24.2 Å². The molecule has 5 fully saturated rings. The Morgan fingerprint density at radius 3 is 2.43 bits per heavy atom. The number of aliphatic hydroxyl groups excluding tert-OH is 1. The second kappa shape index (κ2) is 11.2. The summed E-state index contributed by atoms with van der Waals surface area (Å²) < 4.78 is 12.9. The van der Waals surface area contributed by atoms with E-state index in [1.54, 1.807) is 0 Å². The Morgan fingerprint density at radius 2 is 1.76 bits per heavy atom. The molecule has 3 aliphatic carbocycles. The van der Waals surface area contributed by atoms with Gasteiger partial charge in [-0.1, -0.05) is 65.5 Å². The van der Waals surface area contributed by atoms with Crippen molar-refractivity contribution in [2.45, 2.75) is 145 Å². The van der Waals surface area contributed by atoms with Crippen LogP contribution in [-0.4, -0.2) is 68.1 Å². The van der Waals surface area contributed by atoms with E-state index in [1.807, 2.05) is 7.11 Å². The van der Waals surface area contributed by atoms with E-state index in [4.69, 9.17) is 9.47 Å². The van der Waals surface area contributed by atoms with Gasteiger partial charge in [-0.2, -0.15) is 0 Å². The number of fused-ring (bicyclic) bond motifs is 2. The molecule has 37 heavy (non-hydrogen) atoms. The monoisotopic (exact) mass is 533 g/mol. The Kier molecular flexibility index (Phi) is 8.52. The highest BCUT2D eigenvalue weighted by Gasteiger charge is 2.70. The van der Waals surface area contributed by atoms with Gasteiger partial charge in [-0.3, -0.25) is 4.79 Å². The molecule has 0 aromatic rings. The van der Waals surface area contributed by atoms with Crippen molar-refractivity contribution in [3.8, 4) is 0 Å². The Bertz CT molecular complexity index is 798. The third-order valence-electron chi connectivity index (χ3n) is 12.1. The fourth-order valence-corrected chi connectivity index (χ4v) is 15.3. The summed E-state index contributed by atoms with van der Waals surface area (Å²) in [6.07, 6.45) is 15.8. The van der Waals surface area contributed by atoms with Crippen molar-refractivity contribution < 1.29 is 19.4 Å². The van der Waals surface area contributed by atoms with Gasteiger partial charge in [-0.15, -0.1) is 0 Å². The van der Waals surface area contributed by atoms with E-state index in [9.17, 15) is 9.90 Å². The first-order valence-electron chi connectivity index (χ1n) is 15.9. The summed E-state index contributed by atoms with van der Waals surface area (Å²) in [5.74, 6) is 2.32. The zero-order valence-corrected chi connectivity index (χ0v) is 25.4. The van der Waals surface area contributed by atoms with Crippen molar-refractivity contribution in [1.82, 2.24) is 4.90 Å². The molecule has 5 rings (SSSR count). The minimum Gasteiger partial charge on any atom is -0.396 e. The van der Waals surface area contributed by atoms with Gasteiger partial charge >= 0.3 is 0 Å². The Morgan fingerprint density at radius 1 is 1.03 bits per heavy atom. The Hall–Kier alpha value is -0.433. The second-order valence-electron chi connectivity index (χ2n) is 14.4. The molecule has 5 nitrogen and oxygen atoms in total. The van der Waals surface area contributed by atoms with Crippen LogP contribution in [0.1, 0.15) is 97.3 Å². The number of methoxy groups -OCH3 is 1. The van der Waals surface area contributed by atoms with E-state index in [2.05, 4.69) is 31.8 Å². The molecule has 3 saturated carbocycles. The number of likely N-dealkylation sites (tertiary alicyclic amines) is 1. The molecule has 5 aliphatic rings. The summed E-state index contributed by atoms with van der Waals surface area (Å²) in [6.45, 7) is 11.0. The number of hydrogen-bond donors (Lipinski definition) is 1. The Balaban J connectivity index is 1.44. The van der Waals surface area contributed by atoms with E-state index in [0.29, 0.717) is 41.9 Å². The van der Waals surface area contributed by atoms with Gasteiger partial charge in [0.2, 0.25) is 0 Å². The molecule has 1 N–H and O–H groups in total. The first-order valence-corrected chi connectivity index (χ1v) is 19.0. The van der Waals surface area contributed by atoms with Crippen molar-refractivity contribution in [2.75, 3.05) is 20.3 Å². The lowest BCUT2D eigenvalue weighted by Gasteiger charge is -2.45. The molecule has 4 unspecified atom stereocenters. The lowest BCUT2D eigenvalue weighted by molar-refractivity contribution is -0.156. The maximum absolute atomic E-state index is 14.7. The van der Waals surface area contributed by atoms with Gasteiger partial charge in [0, 0.05) is 32.2 Å². The number of hydrogen-bond acceptors (Lipinski definition) is 4. The zero-order chi connectivity index (χ0) is 26.4. The quantitative estimate of drug-likeness (QED) is 0.384. The SMILES string of the molecule is COC1CCC([Si](C)(C)[C@@H]2[C@@H](CCO)O[C@]3(C(=O)N(CC4CCCC(C)C4)C4CCCCC43)[C@H]2C)CC1. The molecule has 1 amide bonds. The van der Waals surface area contributed by atoms with Crippen LogP contribution >= 0.6 is 0 Å². The lowest BCUT2D eigenvalue weighted by Crippen LogP contribution is -2.51. The molecule has 0 bridgehead atoms. The normalized spacial score (nSPS) is 45.0. The van der Waals surface area contributed by atoms with Gasteiger partial charge in [0.15, 0.2) is 5.60 Å². The number of ether oxygens (including phenoxy) is 2. The number of nitrogens with zero attached hydrogens (tertiary/aromatic N) is 1. The van der Waals surface area contributed by atoms with Crippen LogP contribution in [-0.2, 0) is 14.3 Å². The molecule has 2 aliphatic heterocycles. The van der Waals surface area contributed by atoms with E-state index in [0.717, 1.165) is 43.7 Å². The maximum Gasteiger partial charge on any atom is 0.255 e. The predicted octanol–water partition coefficient (Wildman–Crippen LogP) is 6.41. The molecule has 1 spiro atoms. The van der Waals surface area contributed by atoms with Gasteiger partial charge in [-0.05, 0) is 73.8 Å². The molecule has 2 saturated heterocycles. The van der Waals surface area contributed by atoms with Crippen LogP contribution in [0, 0.1) is 23.7 Å². The Labute approximate surface area is 227 Å². The van der Waals surface area contributed by atoms with Gasteiger partial charge in [0.1, 0.15) is 0 Å². The van der Waals surface area contributed by atoms with Crippen molar-refractivity contribution >= 4 is 14.0 Å². The third kappa shape index (κ3) is 4.89. The third-order valence-corrected chi connectivity index (χ3v) is 17.3. The summed E-state index contributed by atoms with van der Waals surface area (Å²) in [6, 6.07) is 0.358. The van der Waals surface area contributed by atoms with Crippen LogP contribution in [0.15, 0.2) is 0 Å². The molecular weight excluding hydrogens is 478 g/mol. The smallest absolute Gasteiger partial charge is 0.255 e. The van der Waals surface area contributed by atoms with E-state index in [1.165, 1.54) is 51.4 Å². The number of rotatable bonds is 7. The topological polar surface area (TPSA) is 59.0 Å². The van der Waals surface area contributed by atoms with Gasteiger partial charge < -0.3 is 19.5 Å². The summed E-state index contributed by atoms with van der Waals surface area (Å²) in [5.41, 5.74) is 0.499. The largest absolute Gasteiger partial charge is 0.396 e. The highest BCUT2D eigenvalue weighted by atomic mass is 28.3. The molecule has 0 aromatic carbocycles. The van der Waals surface area contributed by atoms with Crippen LogP contribution in [0.3, 0.4) is 0 Å². The van der Waals surface area contributed by atoms with E-state index in [-0.39, 0.29) is 18.6 Å². The molecule has 212 valence electrons. The van der Waals surface area contributed by atoms with Gasteiger partial charge in [-0.25, -0.2) is 0 Å². The molecular formula is C31H55NO4Si. The van der Waals surface area contributed by atoms with Crippen molar-refractivity contribution in [2.24, 2.45) is 23.7 Å². The van der Waals surface area contributed by atoms with Crippen molar-refractivity contribution in [3.63, 3.8) is 0 Å². The van der Waals surface area contributed by atoms with E-state index >= 15 is 0 Å². The minimum atomic E-state index is -1.79. The summed E-state index contributed by atoms with van der Waals surface area (Å²) >= 11 is 0. The fourth-order valence-electron chi connectivity index (χ4n) is 10.2. The highest BCUT2D eigenvalue weighted by Crippen LogP contribution is 2.62. The summed E-state index contributed by atoms with van der Waals surface area (Å²) in [7, 11) is 0.0638. The number of aliphatic hydroxyl groups is 1. The van der Waals surface area contributed by atoms with Crippen molar-refractivity contribution in [1.29, 1.82) is 0 Å². The summed E-state index contributed by atoms with van der Waals surface area (Å²) in [5, 5.41) is 10.1. The fraction of sp³-hybridized carbons (Fsp3) is 0.968. The van der Waals surface area contributed by atoms with Crippen molar-refractivity contribution in [3.05, 3.63) is 0 Å². The first-order chi connectivity index (χ1) is 17.7. The van der Waals surface area contributed by atoms with Crippen LogP contribution < -0.4 is 0 Å². The zero-order valence-electron chi connectivity index (χ0n) is 24.4. The summed E-state index contributed by atoms with van der Waals surface area (Å²) in [4.78, 5) is 17.0. The minimum absolute atomic E-state index is 0.0167. The number of amides is 1. The molecule has 2 heterocycles. The van der Waals surface area contributed by atoms with Crippen LogP contribution in [0.4, 0.5) is 0 Å². The average molecular weight is 534 g/mol. The van der Waals surface area contributed by atoms with Gasteiger partial charge in [0.25, 0.3) is 5.91 Å². The highest BCUT2D eigenvalue weighted by molar-refractivity contribution is 6.80. The van der Waals surface area contributed by atoms with Crippen LogP contribution in [0.5, 0.6) is 0 Å². The molecule has 0 aromatic heterocycles. The molecule has 8 atom stereocenters. The van der Waals surface area contributed by atoms with Crippen LogP contribution in [0.25, 0.3) is 0 Å². The molecule has 0 radical (unpaired) electrons. The maximum atomic E-state index is 14.7. The molecule has 6 heteroatoms. The predicted molar refractivity (Wildman–Crippen MR) is 151 cm³/mol. The second-order valence-corrected chi connectivity index (χ2v) is 19.5. The number of carbonyl (C=O) groups is 1.